The van der Waals surface area contributed by atoms with E-state index in [9.17, 15) is 27.6 Å². The van der Waals surface area contributed by atoms with Crippen LogP contribution in [0, 0.1) is 0 Å². The zero-order valence-electron chi connectivity index (χ0n) is 20.0. The maximum atomic E-state index is 13.2. The number of halogens is 3. The molecule has 2 aliphatic rings. The lowest BCUT2D eigenvalue weighted by atomic mass is 10.0. The van der Waals surface area contributed by atoms with Gasteiger partial charge in [-0.05, 0) is 43.1 Å². The highest BCUT2D eigenvalue weighted by molar-refractivity contribution is 5.92. The molecule has 4 rings (SSSR count). The molecule has 2 aromatic rings. The number of carbonyl (C=O) groups is 2. The molecule has 1 unspecified atom stereocenters. The molecule has 0 spiro atoms. The van der Waals surface area contributed by atoms with E-state index >= 15 is 0 Å². The number of aromatic nitrogens is 2. The normalized spacial score (nSPS) is 18.9. The first-order valence-electron chi connectivity index (χ1n) is 11.9. The van der Waals surface area contributed by atoms with Crippen molar-refractivity contribution >= 4 is 17.5 Å². The average Bonchev–Trinajstić information content (AvgIpc) is 3.35. The molecule has 0 radical (unpaired) electrons. The largest absolute Gasteiger partial charge is 0.421 e. The van der Waals surface area contributed by atoms with Gasteiger partial charge in [-0.25, -0.2) is 4.98 Å². The van der Waals surface area contributed by atoms with E-state index in [0.29, 0.717) is 56.9 Å². The Labute approximate surface area is 206 Å². The second-order valence-electron chi connectivity index (χ2n) is 8.97. The number of hydrogen-bond acceptors (Lipinski definition) is 6. The van der Waals surface area contributed by atoms with Crippen LogP contribution < -0.4 is 15.8 Å². The molecule has 2 aromatic heterocycles. The SMILES string of the molecule is CNC(=O)c1ccc(N2CCN(C(=O)CCN3CCCC3c3c[nH]c(=O)c(C(F)(F)F)c3)CC2)cn1. The minimum Gasteiger partial charge on any atom is -0.367 e. The third kappa shape index (κ3) is 5.69. The first-order chi connectivity index (χ1) is 17.2. The average molecular weight is 507 g/mol. The molecule has 12 heteroatoms. The van der Waals surface area contributed by atoms with Crippen LogP contribution in [0.4, 0.5) is 18.9 Å². The molecule has 0 aliphatic carbocycles. The number of nitrogens with one attached hydrogen (secondary N) is 2. The molecule has 194 valence electrons. The molecule has 0 bridgehead atoms. The Bertz CT molecular complexity index is 1140. The van der Waals surface area contributed by atoms with Gasteiger partial charge in [0.2, 0.25) is 5.91 Å². The molecule has 2 amide bonds. The molecule has 2 N–H and O–H groups in total. The minimum atomic E-state index is -4.71. The molecule has 4 heterocycles. The quantitative estimate of drug-likeness (QED) is 0.622. The van der Waals surface area contributed by atoms with Crippen molar-refractivity contribution < 1.29 is 22.8 Å². The van der Waals surface area contributed by atoms with Crippen LogP contribution >= 0.6 is 0 Å². The van der Waals surface area contributed by atoms with Crippen LogP contribution in [0.5, 0.6) is 0 Å². The maximum absolute atomic E-state index is 13.2. The van der Waals surface area contributed by atoms with Crippen molar-refractivity contribution in [3.05, 3.63) is 57.8 Å². The molecular weight excluding hydrogens is 477 g/mol. The van der Waals surface area contributed by atoms with Crippen LogP contribution in [0.1, 0.15) is 46.9 Å². The number of aromatic amines is 1. The number of nitrogens with zero attached hydrogens (tertiary/aromatic N) is 4. The molecule has 2 fully saturated rings. The molecule has 2 saturated heterocycles. The van der Waals surface area contributed by atoms with Gasteiger partial charge in [0, 0.05) is 58.4 Å². The minimum absolute atomic E-state index is 0.00541. The van der Waals surface area contributed by atoms with E-state index < -0.39 is 17.3 Å². The Morgan fingerprint density at radius 3 is 2.56 bits per heavy atom. The highest BCUT2D eigenvalue weighted by Gasteiger charge is 2.36. The van der Waals surface area contributed by atoms with Gasteiger partial charge in [-0.1, -0.05) is 0 Å². The van der Waals surface area contributed by atoms with Gasteiger partial charge in [-0.3, -0.25) is 19.3 Å². The van der Waals surface area contributed by atoms with E-state index in [4.69, 9.17) is 0 Å². The van der Waals surface area contributed by atoms with E-state index in [1.165, 1.54) is 6.20 Å². The van der Waals surface area contributed by atoms with E-state index in [2.05, 4.69) is 20.2 Å². The third-order valence-electron chi connectivity index (χ3n) is 6.80. The molecule has 0 saturated carbocycles. The highest BCUT2D eigenvalue weighted by atomic mass is 19.4. The fraction of sp³-hybridized carbons (Fsp3) is 0.500. The number of alkyl halides is 3. The zero-order valence-corrected chi connectivity index (χ0v) is 20.0. The maximum Gasteiger partial charge on any atom is 0.421 e. The Balaban J connectivity index is 1.30. The number of H-pyrrole nitrogens is 1. The summed E-state index contributed by atoms with van der Waals surface area (Å²) in [5.74, 6) is -0.246. The molecular formula is C24H29F3N6O3. The predicted octanol–water partition coefficient (Wildman–Crippen LogP) is 2.02. The monoisotopic (exact) mass is 506 g/mol. The first-order valence-corrected chi connectivity index (χ1v) is 11.9. The number of pyridine rings is 2. The van der Waals surface area contributed by atoms with Crippen molar-refractivity contribution in [3.63, 3.8) is 0 Å². The summed E-state index contributed by atoms with van der Waals surface area (Å²) >= 11 is 0. The van der Waals surface area contributed by atoms with Gasteiger partial charge in [-0.15, -0.1) is 0 Å². The van der Waals surface area contributed by atoms with Gasteiger partial charge >= 0.3 is 6.18 Å². The summed E-state index contributed by atoms with van der Waals surface area (Å²) in [5, 5.41) is 2.53. The smallest absolute Gasteiger partial charge is 0.367 e. The molecule has 0 aromatic carbocycles. The van der Waals surface area contributed by atoms with Gasteiger partial charge in [-0.2, -0.15) is 13.2 Å². The highest BCUT2D eigenvalue weighted by Crippen LogP contribution is 2.34. The van der Waals surface area contributed by atoms with Crippen molar-refractivity contribution in [2.24, 2.45) is 0 Å². The van der Waals surface area contributed by atoms with Crippen molar-refractivity contribution in [2.45, 2.75) is 31.5 Å². The summed E-state index contributed by atoms with van der Waals surface area (Å²) in [7, 11) is 1.55. The fourth-order valence-corrected chi connectivity index (χ4v) is 4.82. The van der Waals surface area contributed by atoms with Gasteiger partial charge in [0.05, 0.1) is 11.9 Å². The fourth-order valence-electron chi connectivity index (χ4n) is 4.82. The standard InChI is InChI=1S/C24H29F3N6O3/c1-28-23(36)19-5-4-17(15-29-19)31-9-11-33(12-10-31)21(34)6-8-32-7-2-3-20(32)16-13-18(24(25,26)27)22(35)30-14-16/h4-5,13-15,20H,2-3,6-12H2,1H3,(H,28,36)(H,30,35). The zero-order chi connectivity index (χ0) is 25.9. The van der Waals surface area contributed by atoms with Crippen molar-refractivity contribution in [1.29, 1.82) is 0 Å². The lowest BCUT2D eigenvalue weighted by molar-refractivity contribution is -0.138. The summed E-state index contributed by atoms with van der Waals surface area (Å²) in [4.78, 5) is 48.4. The van der Waals surface area contributed by atoms with Gasteiger partial charge in [0.1, 0.15) is 11.3 Å². The Hall–Kier alpha value is -3.41. The van der Waals surface area contributed by atoms with E-state index in [1.54, 1.807) is 24.2 Å². The number of amides is 2. The number of likely N-dealkylation sites (tertiary alicyclic amines) is 1. The van der Waals surface area contributed by atoms with E-state index in [0.717, 1.165) is 18.2 Å². The summed E-state index contributed by atoms with van der Waals surface area (Å²) in [5.41, 5.74) is -0.709. The molecule has 2 aliphatic heterocycles. The number of carbonyl (C=O) groups excluding carboxylic acids is 2. The summed E-state index contributed by atoms with van der Waals surface area (Å²) in [6, 6.07) is 4.17. The molecule has 1 atom stereocenters. The number of anilines is 1. The van der Waals surface area contributed by atoms with Crippen molar-refractivity contribution in [3.8, 4) is 0 Å². The Morgan fingerprint density at radius 2 is 1.92 bits per heavy atom. The van der Waals surface area contributed by atoms with Crippen molar-refractivity contribution in [2.75, 3.05) is 51.2 Å². The second-order valence-corrected chi connectivity index (χ2v) is 8.97. The molecule has 9 nitrogen and oxygen atoms in total. The summed E-state index contributed by atoms with van der Waals surface area (Å²) in [6.07, 6.45) is 0.0314. The lowest BCUT2D eigenvalue weighted by Gasteiger charge is -2.36. The van der Waals surface area contributed by atoms with Crippen LogP contribution in [0.3, 0.4) is 0 Å². The van der Waals surface area contributed by atoms with E-state index in [-0.39, 0.29) is 24.3 Å². The van der Waals surface area contributed by atoms with Gasteiger partial charge in [0.15, 0.2) is 0 Å². The number of hydrogen-bond donors (Lipinski definition) is 2. The van der Waals surface area contributed by atoms with Crippen LogP contribution in [0.15, 0.2) is 35.4 Å². The second kappa shape index (κ2) is 10.7. The summed E-state index contributed by atoms with van der Waals surface area (Å²) in [6.45, 7) is 3.50. The van der Waals surface area contributed by atoms with Crippen LogP contribution in [-0.2, 0) is 11.0 Å². The molecule has 36 heavy (non-hydrogen) atoms. The lowest BCUT2D eigenvalue weighted by Crippen LogP contribution is -2.49. The van der Waals surface area contributed by atoms with Crippen LogP contribution in [0.25, 0.3) is 0 Å². The third-order valence-corrected chi connectivity index (χ3v) is 6.80. The number of rotatable bonds is 6. The first kappa shape index (κ1) is 25.7. The van der Waals surface area contributed by atoms with Crippen LogP contribution in [-0.4, -0.2) is 77.9 Å². The van der Waals surface area contributed by atoms with Gasteiger partial charge in [0.25, 0.3) is 11.5 Å². The van der Waals surface area contributed by atoms with Gasteiger partial charge < -0.3 is 20.1 Å². The Kier molecular flexibility index (Phi) is 7.62. The van der Waals surface area contributed by atoms with Crippen LogP contribution in [0.2, 0.25) is 0 Å². The van der Waals surface area contributed by atoms with Crippen molar-refractivity contribution in [1.82, 2.24) is 25.1 Å². The summed E-state index contributed by atoms with van der Waals surface area (Å²) < 4.78 is 39.5. The number of piperazine rings is 1. The van der Waals surface area contributed by atoms with E-state index in [1.807, 2.05) is 11.0 Å². The Morgan fingerprint density at radius 1 is 1.17 bits per heavy atom. The predicted molar refractivity (Wildman–Crippen MR) is 127 cm³/mol. The topological polar surface area (TPSA) is 102 Å².